The van der Waals surface area contributed by atoms with Crippen LogP contribution in [0.5, 0.6) is 0 Å². The van der Waals surface area contributed by atoms with Crippen molar-refractivity contribution in [3.8, 4) is 5.69 Å². The number of hydrogen-bond acceptors (Lipinski definition) is 4. The minimum absolute atomic E-state index is 0.0168. The zero-order valence-corrected chi connectivity index (χ0v) is 12.2. The maximum Gasteiger partial charge on any atom is 0.453 e. The van der Waals surface area contributed by atoms with Crippen molar-refractivity contribution in [3.05, 3.63) is 64.7 Å². The van der Waals surface area contributed by atoms with Crippen molar-refractivity contribution < 1.29 is 17.6 Å². The lowest BCUT2D eigenvalue weighted by atomic mass is 10.2. The highest BCUT2D eigenvalue weighted by Crippen LogP contribution is 2.26. The van der Waals surface area contributed by atoms with Crippen LogP contribution in [0.25, 0.3) is 22.4 Å². The van der Waals surface area contributed by atoms with Gasteiger partial charge in [-0.3, -0.25) is 9.36 Å². The molecule has 0 aliphatic heterocycles. The number of aromatic nitrogens is 5. The van der Waals surface area contributed by atoms with Gasteiger partial charge in [0.15, 0.2) is 0 Å². The number of alkyl halides is 3. The lowest BCUT2D eigenvalue weighted by Gasteiger charge is -2.08. The van der Waals surface area contributed by atoms with E-state index in [1.54, 1.807) is 6.07 Å². The molecule has 0 bridgehead atoms. The van der Waals surface area contributed by atoms with E-state index < -0.39 is 23.4 Å². The lowest BCUT2D eigenvalue weighted by Crippen LogP contribution is -2.19. The third-order valence-electron chi connectivity index (χ3n) is 3.60. The van der Waals surface area contributed by atoms with Crippen LogP contribution in [0, 0.1) is 5.82 Å². The molecule has 0 saturated heterocycles. The first kappa shape index (κ1) is 15.2. The summed E-state index contributed by atoms with van der Waals surface area (Å²) in [7, 11) is 0. The molecule has 4 rings (SSSR count). The van der Waals surface area contributed by atoms with Crippen LogP contribution in [-0.4, -0.2) is 24.1 Å². The van der Waals surface area contributed by atoms with Gasteiger partial charge in [-0.15, -0.1) is 5.10 Å². The molecule has 4 aromatic rings. The minimum atomic E-state index is -4.73. The number of benzene rings is 1. The molecule has 0 amide bonds. The molecule has 0 radical (unpaired) electrons. The Morgan fingerprint density at radius 1 is 1.08 bits per heavy atom. The topological polar surface area (TPSA) is 65.1 Å². The van der Waals surface area contributed by atoms with E-state index in [4.69, 9.17) is 0 Å². The van der Waals surface area contributed by atoms with Gasteiger partial charge < -0.3 is 0 Å². The SMILES string of the molecule is O=c1c2cnc3nc(C(F)(F)F)nn3c2ccn1-c1ccccc1F. The molecule has 0 atom stereocenters. The second-order valence-corrected chi connectivity index (χ2v) is 5.14. The van der Waals surface area contributed by atoms with E-state index in [1.807, 2.05) is 0 Å². The highest BCUT2D eigenvalue weighted by atomic mass is 19.4. The van der Waals surface area contributed by atoms with Crippen molar-refractivity contribution in [3.63, 3.8) is 0 Å². The molecule has 1 aromatic carbocycles. The Kier molecular flexibility index (Phi) is 3.11. The molecule has 3 aromatic heterocycles. The number of halogens is 4. The van der Waals surface area contributed by atoms with Gasteiger partial charge in [0.2, 0.25) is 0 Å². The normalized spacial score (nSPS) is 12.2. The summed E-state index contributed by atoms with van der Waals surface area (Å²) < 4.78 is 54.1. The Morgan fingerprint density at radius 3 is 2.56 bits per heavy atom. The van der Waals surface area contributed by atoms with Crippen molar-refractivity contribution >= 4 is 16.7 Å². The largest absolute Gasteiger partial charge is 0.453 e. The molecule has 0 fully saturated rings. The average Bonchev–Trinajstić information content (AvgIpc) is 3.01. The van der Waals surface area contributed by atoms with Gasteiger partial charge >= 0.3 is 6.18 Å². The van der Waals surface area contributed by atoms with Gasteiger partial charge in [0, 0.05) is 12.4 Å². The van der Waals surface area contributed by atoms with E-state index in [0.29, 0.717) is 0 Å². The zero-order valence-electron chi connectivity index (χ0n) is 12.2. The smallest absolute Gasteiger partial charge is 0.281 e. The Bertz CT molecular complexity index is 1180. The molecule has 25 heavy (non-hydrogen) atoms. The van der Waals surface area contributed by atoms with Gasteiger partial charge in [-0.2, -0.15) is 22.7 Å². The Balaban J connectivity index is 2.01. The molecule has 0 spiro atoms. The van der Waals surface area contributed by atoms with Crippen LogP contribution in [0.15, 0.2) is 47.5 Å². The van der Waals surface area contributed by atoms with Crippen LogP contribution in [0.3, 0.4) is 0 Å². The van der Waals surface area contributed by atoms with E-state index >= 15 is 0 Å². The van der Waals surface area contributed by atoms with E-state index in [-0.39, 0.29) is 22.4 Å². The summed E-state index contributed by atoms with van der Waals surface area (Å²) in [6.07, 6.45) is -2.38. The maximum absolute atomic E-state index is 13.9. The Morgan fingerprint density at radius 2 is 1.84 bits per heavy atom. The molecule has 0 aliphatic rings. The van der Waals surface area contributed by atoms with Crippen LogP contribution >= 0.6 is 0 Å². The minimum Gasteiger partial charge on any atom is -0.281 e. The first-order valence-electron chi connectivity index (χ1n) is 6.95. The summed E-state index contributed by atoms with van der Waals surface area (Å²) in [6, 6.07) is 6.99. The van der Waals surface area contributed by atoms with Gasteiger partial charge in [0.05, 0.1) is 16.6 Å². The molecule has 0 saturated carbocycles. The number of fused-ring (bicyclic) bond motifs is 3. The molecule has 10 heteroatoms. The van der Waals surface area contributed by atoms with Crippen molar-refractivity contribution in [1.29, 1.82) is 0 Å². The van der Waals surface area contributed by atoms with Gasteiger partial charge in [-0.1, -0.05) is 12.1 Å². The first-order chi connectivity index (χ1) is 11.9. The van der Waals surface area contributed by atoms with E-state index in [2.05, 4.69) is 15.1 Å². The summed E-state index contributed by atoms with van der Waals surface area (Å²) in [5, 5.41) is 3.35. The number of rotatable bonds is 1. The van der Waals surface area contributed by atoms with Crippen molar-refractivity contribution in [2.45, 2.75) is 6.18 Å². The first-order valence-corrected chi connectivity index (χ1v) is 6.95. The second kappa shape index (κ2) is 5.10. The van der Waals surface area contributed by atoms with Gasteiger partial charge in [0.1, 0.15) is 5.82 Å². The molecular formula is C15H7F4N5O. The molecule has 0 unspecified atom stereocenters. The average molecular weight is 349 g/mol. The van der Waals surface area contributed by atoms with Gasteiger partial charge in [-0.25, -0.2) is 9.37 Å². The van der Waals surface area contributed by atoms with Gasteiger partial charge in [-0.05, 0) is 18.2 Å². The van der Waals surface area contributed by atoms with Crippen LogP contribution < -0.4 is 5.56 Å². The van der Waals surface area contributed by atoms with Crippen molar-refractivity contribution in [2.75, 3.05) is 0 Å². The summed E-state index contributed by atoms with van der Waals surface area (Å²) in [5.74, 6) is -2.26. The Labute approximate surface area is 136 Å². The van der Waals surface area contributed by atoms with Crippen LogP contribution in [-0.2, 0) is 6.18 Å². The summed E-state index contributed by atoms with van der Waals surface area (Å²) in [5.41, 5.74) is -0.532. The fraction of sp³-hybridized carbons (Fsp3) is 0.0667. The third kappa shape index (κ3) is 2.33. The molecular weight excluding hydrogens is 342 g/mol. The fourth-order valence-electron chi connectivity index (χ4n) is 2.48. The van der Waals surface area contributed by atoms with Gasteiger partial charge in [0.25, 0.3) is 17.2 Å². The molecule has 0 N–H and O–H groups in total. The second-order valence-electron chi connectivity index (χ2n) is 5.14. The van der Waals surface area contributed by atoms with Crippen LogP contribution in [0.4, 0.5) is 17.6 Å². The van der Waals surface area contributed by atoms with Crippen molar-refractivity contribution in [2.24, 2.45) is 0 Å². The van der Waals surface area contributed by atoms with Crippen LogP contribution in [0.1, 0.15) is 5.82 Å². The van der Waals surface area contributed by atoms with E-state index in [1.165, 1.54) is 30.5 Å². The van der Waals surface area contributed by atoms with Crippen LogP contribution in [0.2, 0.25) is 0 Å². The Hall–Kier alpha value is -3.30. The molecule has 3 heterocycles. The highest BCUT2D eigenvalue weighted by Gasteiger charge is 2.36. The van der Waals surface area contributed by atoms with E-state index in [0.717, 1.165) is 15.3 Å². The summed E-state index contributed by atoms with van der Waals surface area (Å²) in [6.45, 7) is 0. The number of para-hydroxylation sites is 1. The predicted octanol–water partition coefficient (Wildman–Crippen LogP) is 2.59. The maximum atomic E-state index is 13.9. The van der Waals surface area contributed by atoms with Crippen molar-refractivity contribution in [1.82, 2.24) is 24.1 Å². The molecule has 126 valence electrons. The lowest BCUT2D eigenvalue weighted by molar-refractivity contribution is -0.144. The standard InChI is InChI=1S/C15H7F4N5O/c16-9-3-1-2-4-11(9)23-6-5-10-8(12(23)25)7-20-14-21-13(15(17,18)19)22-24(10)14/h1-7H. The summed E-state index contributed by atoms with van der Waals surface area (Å²) in [4.78, 5) is 19.7. The monoisotopic (exact) mass is 349 g/mol. The van der Waals surface area contributed by atoms with E-state index in [9.17, 15) is 22.4 Å². The number of nitrogens with zero attached hydrogens (tertiary/aromatic N) is 5. The number of hydrogen-bond donors (Lipinski definition) is 0. The summed E-state index contributed by atoms with van der Waals surface area (Å²) >= 11 is 0. The number of pyridine rings is 1. The predicted molar refractivity (Wildman–Crippen MR) is 78.8 cm³/mol. The quantitative estimate of drug-likeness (QED) is 0.496. The fourth-order valence-corrected chi connectivity index (χ4v) is 2.48. The zero-order chi connectivity index (χ0) is 17.8. The molecule has 6 nitrogen and oxygen atoms in total. The highest BCUT2D eigenvalue weighted by molar-refractivity contribution is 5.79. The molecule has 0 aliphatic carbocycles. The third-order valence-corrected chi connectivity index (χ3v) is 3.60.